The zero-order valence-electron chi connectivity index (χ0n) is 8.35. The molecule has 0 aliphatic heterocycles. The molecule has 1 aliphatic rings. The van der Waals surface area contributed by atoms with E-state index in [1.165, 1.54) is 6.20 Å². The van der Waals surface area contributed by atoms with Crippen molar-refractivity contribution in [1.82, 2.24) is 14.9 Å². The fourth-order valence-electron chi connectivity index (χ4n) is 1.37. The number of hydrogen-bond acceptors (Lipinski definition) is 3. The van der Waals surface area contributed by atoms with Crippen LogP contribution >= 0.6 is 0 Å². The van der Waals surface area contributed by atoms with E-state index in [1.54, 1.807) is 10.9 Å². The number of nitrogens with zero attached hydrogens (tertiary/aromatic N) is 2. The summed E-state index contributed by atoms with van der Waals surface area (Å²) >= 11 is 0. The zero-order chi connectivity index (χ0) is 10.7. The molecule has 1 aliphatic carbocycles. The summed E-state index contributed by atoms with van der Waals surface area (Å²) in [5, 5.41) is 2.89. The largest absolute Gasteiger partial charge is 0.353 e. The second kappa shape index (κ2) is 4.25. The van der Waals surface area contributed by atoms with Gasteiger partial charge in [0, 0.05) is 19.0 Å². The SMILES string of the molecule is O=Cc1cncn1CCC(=O)NC1CC1. The lowest BCUT2D eigenvalue weighted by Gasteiger charge is -2.04. The summed E-state index contributed by atoms with van der Waals surface area (Å²) in [5.74, 6) is 0.0445. The minimum Gasteiger partial charge on any atom is -0.353 e. The number of carbonyl (C=O) groups is 2. The Morgan fingerprint density at radius 2 is 2.47 bits per heavy atom. The number of nitrogens with one attached hydrogen (secondary N) is 1. The first-order valence-corrected chi connectivity index (χ1v) is 5.04. The molecule has 1 saturated carbocycles. The minimum absolute atomic E-state index is 0.0445. The molecule has 1 fully saturated rings. The van der Waals surface area contributed by atoms with Crippen molar-refractivity contribution in [3.8, 4) is 0 Å². The molecule has 0 aromatic carbocycles. The van der Waals surface area contributed by atoms with Gasteiger partial charge in [-0.15, -0.1) is 0 Å². The summed E-state index contributed by atoms with van der Waals surface area (Å²) in [4.78, 5) is 25.8. The van der Waals surface area contributed by atoms with E-state index < -0.39 is 0 Å². The van der Waals surface area contributed by atoms with E-state index >= 15 is 0 Å². The van der Waals surface area contributed by atoms with E-state index in [0.717, 1.165) is 19.1 Å². The quantitative estimate of drug-likeness (QED) is 0.709. The molecule has 2 rings (SSSR count). The lowest BCUT2D eigenvalue weighted by Crippen LogP contribution is -2.26. The molecule has 15 heavy (non-hydrogen) atoms. The van der Waals surface area contributed by atoms with Gasteiger partial charge in [0.15, 0.2) is 6.29 Å². The van der Waals surface area contributed by atoms with Crippen molar-refractivity contribution in [2.75, 3.05) is 0 Å². The first kappa shape index (κ1) is 9.89. The Bertz CT molecular complexity index is 368. The Balaban J connectivity index is 1.81. The van der Waals surface area contributed by atoms with Crippen LogP contribution in [0.3, 0.4) is 0 Å². The van der Waals surface area contributed by atoms with Crippen LogP contribution in [0.2, 0.25) is 0 Å². The first-order chi connectivity index (χ1) is 7.29. The summed E-state index contributed by atoms with van der Waals surface area (Å²) in [5.41, 5.74) is 0.509. The van der Waals surface area contributed by atoms with E-state index in [2.05, 4.69) is 10.3 Å². The van der Waals surface area contributed by atoms with Crippen LogP contribution in [-0.4, -0.2) is 27.8 Å². The van der Waals surface area contributed by atoms with Crippen molar-refractivity contribution in [2.45, 2.75) is 31.8 Å². The first-order valence-electron chi connectivity index (χ1n) is 5.04. The maximum absolute atomic E-state index is 11.4. The third-order valence-electron chi connectivity index (χ3n) is 2.39. The standard InChI is InChI=1S/C10H13N3O2/c14-6-9-5-11-7-13(9)4-3-10(15)12-8-1-2-8/h5-8H,1-4H2,(H,12,15). The van der Waals surface area contributed by atoms with Gasteiger partial charge in [0.25, 0.3) is 0 Å². The van der Waals surface area contributed by atoms with Crippen LogP contribution in [0.4, 0.5) is 0 Å². The number of imidazole rings is 1. The maximum Gasteiger partial charge on any atom is 0.222 e. The molecule has 5 nitrogen and oxygen atoms in total. The highest BCUT2D eigenvalue weighted by Crippen LogP contribution is 2.18. The predicted molar refractivity (Wildman–Crippen MR) is 53.4 cm³/mol. The monoisotopic (exact) mass is 207 g/mol. The van der Waals surface area contributed by atoms with Gasteiger partial charge in [0.2, 0.25) is 5.91 Å². The second-order valence-electron chi connectivity index (χ2n) is 3.72. The van der Waals surface area contributed by atoms with Crippen LogP contribution < -0.4 is 5.32 Å². The van der Waals surface area contributed by atoms with Gasteiger partial charge in [0.1, 0.15) is 5.69 Å². The number of aromatic nitrogens is 2. The van der Waals surface area contributed by atoms with Crippen LogP contribution in [-0.2, 0) is 11.3 Å². The van der Waals surface area contributed by atoms with E-state index in [9.17, 15) is 9.59 Å². The molecule has 0 saturated heterocycles. The van der Waals surface area contributed by atoms with Gasteiger partial charge in [-0.1, -0.05) is 0 Å². The molecule has 0 spiro atoms. The molecule has 1 aromatic rings. The summed E-state index contributed by atoms with van der Waals surface area (Å²) in [6, 6.07) is 0.394. The Kier molecular flexibility index (Phi) is 2.80. The molecule has 1 heterocycles. The number of amides is 1. The van der Waals surface area contributed by atoms with Crippen molar-refractivity contribution in [3.63, 3.8) is 0 Å². The van der Waals surface area contributed by atoms with Crippen LogP contribution in [0.15, 0.2) is 12.5 Å². The summed E-state index contributed by atoms with van der Waals surface area (Å²) < 4.78 is 1.68. The third-order valence-corrected chi connectivity index (χ3v) is 2.39. The fourth-order valence-corrected chi connectivity index (χ4v) is 1.37. The Hall–Kier alpha value is -1.65. The number of aldehydes is 1. The Morgan fingerprint density at radius 1 is 1.67 bits per heavy atom. The van der Waals surface area contributed by atoms with Gasteiger partial charge in [-0.25, -0.2) is 4.98 Å². The van der Waals surface area contributed by atoms with E-state index in [4.69, 9.17) is 0 Å². The molecular formula is C10H13N3O2. The van der Waals surface area contributed by atoms with E-state index in [0.29, 0.717) is 24.7 Å². The number of aryl methyl sites for hydroxylation is 1. The highest BCUT2D eigenvalue weighted by atomic mass is 16.1. The van der Waals surface area contributed by atoms with Gasteiger partial charge in [-0.05, 0) is 12.8 Å². The maximum atomic E-state index is 11.4. The van der Waals surface area contributed by atoms with Gasteiger partial charge >= 0.3 is 0 Å². The predicted octanol–water partition coefficient (Wildman–Crippen LogP) is 0.364. The summed E-state index contributed by atoms with van der Waals surface area (Å²) in [6.45, 7) is 0.507. The minimum atomic E-state index is 0.0445. The van der Waals surface area contributed by atoms with Crippen molar-refractivity contribution in [2.24, 2.45) is 0 Å². The average Bonchev–Trinajstić information content (AvgIpc) is 2.92. The van der Waals surface area contributed by atoms with Gasteiger partial charge < -0.3 is 9.88 Å². The topological polar surface area (TPSA) is 64.0 Å². The summed E-state index contributed by atoms with van der Waals surface area (Å²) in [7, 11) is 0. The van der Waals surface area contributed by atoms with Crippen LogP contribution in [0.25, 0.3) is 0 Å². The van der Waals surface area contributed by atoms with Crippen LogP contribution in [0, 0.1) is 0 Å². The van der Waals surface area contributed by atoms with Crippen molar-refractivity contribution >= 4 is 12.2 Å². The van der Waals surface area contributed by atoms with Gasteiger partial charge in [-0.2, -0.15) is 0 Å². The molecule has 0 radical (unpaired) electrons. The summed E-state index contributed by atoms with van der Waals surface area (Å²) in [6.07, 6.45) is 6.38. The normalized spacial score (nSPS) is 14.9. The molecule has 5 heteroatoms. The molecular weight excluding hydrogens is 194 g/mol. The molecule has 1 N–H and O–H groups in total. The Labute approximate surface area is 87.5 Å². The Morgan fingerprint density at radius 3 is 3.13 bits per heavy atom. The zero-order valence-corrected chi connectivity index (χ0v) is 8.35. The van der Waals surface area contributed by atoms with Crippen molar-refractivity contribution in [1.29, 1.82) is 0 Å². The molecule has 0 atom stereocenters. The highest BCUT2D eigenvalue weighted by Gasteiger charge is 2.22. The van der Waals surface area contributed by atoms with Gasteiger partial charge in [-0.3, -0.25) is 9.59 Å². The lowest BCUT2D eigenvalue weighted by atomic mass is 10.3. The van der Waals surface area contributed by atoms with Crippen LogP contribution in [0.5, 0.6) is 0 Å². The number of rotatable bonds is 5. The fraction of sp³-hybridized carbons (Fsp3) is 0.500. The van der Waals surface area contributed by atoms with E-state index in [1.807, 2.05) is 0 Å². The van der Waals surface area contributed by atoms with Crippen molar-refractivity contribution < 1.29 is 9.59 Å². The molecule has 0 unspecified atom stereocenters. The number of carbonyl (C=O) groups excluding carboxylic acids is 2. The highest BCUT2D eigenvalue weighted by molar-refractivity contribution is 5.76. The molecule has 1 amide bonds. The third kappa shape index (κ3) is 2.65. The smallest absolute Gasteiger partial charge is 0.222 e. The van der Waals surface area contributed by atoms with Crippen LogP contribution in [0.1, 0.15) is 29.8 Å². The van der Waals surface area contributed by atoms with E-state index in [-0.39, 0.29) is 5.91 Å². The van der Waals surface area contributed by atoms with Crippen molar-refractivity contribution in [3.05, 3.63) is 18.2 Å². The number of hydrogen-bond donors (Lipinski definition) is 1. The molecule has 80 valence electrons. The average molecular weight is 207 g/mol. The van der Waals surface area contributed by atoms with Gasteiger partial charge in [0.05, 0.1) is 12.5 Å². The lowest BCUT2D eigenvalue weighted by molar-refractivity contribution is -0.121. The molecule has 0 bridgehead atoms. The molecule has 1 aromatic heterocycles. The second-order valence-corrected chi connectivity index (χ2v) is 3.72.